The molecule has 3 aromatic carbocycles. The molecule has 0 aromatic heterocycles. The van der Waals surface area contributed by atoms with Gasteiger partial charge >= 0.3 is 0 Å². The number of amides is 1. The lowest BCUT2D eigenvalue weighted by Gasteiger charge is -2.11. The van der Waals surface area contributed by atoms with E-state index in [-0.39, 0.29) is 5.57 Å². The molecular formula is C24H16Br3ClN2O2. The summed E-state index contributed by atoms with van der Waals surface area (Å²) in [6, 6.07) is 18.5. The van der Waals surface area contributed by atoms with Crippen molar-refractivity contribution in [2.24, 2.45) is 0 Å². The van der Waals surface area contributed by atoms with Crippen LogP contribution in [0.25, 0.3) is 6.08 Å². The number of nitrogens with one attached hydrogen (secondary N) is 1. The average molecular weight is 640 g/mol. The molecule has 0 bridgehead atoms. The van der Waals surface area contributed by atoms with Crippen LogP contribution >= 0.6 is 59.4 Å². The maximum absolute atomic E-state index is 12.7. The lowest BCUT2D eigenvalue weighted by molar-refractivity contribution is -0.112. The zero-order valence-electron chi connectivity index (χ0n) is 16.8. The Morgan fingerprint density at radius 1 is 1.06 bits per heavy atom. The number of hydrogen-bond donors (Lipinski definition) is 1. The summed E-state index contributed by atoms with van der Waals surface area (Å²) in [5.74, 6) is 0.143. The Morgan fingerprint density at radius 2 is 1.72 bits per heavy atom. The van der Waals surface area contributed by atoms with Gasteiger partial charge in [0.05, 0.1) is 10.2 Å². The molecule has 0 spiro atoms. The topological polar surface area (TPSA) is 62.1 Å². The fraction of sp³-hybridized carbons (Fsp3) is 0.0833. The number of carbonyl (C=O) groups is 1. The van der Waals surface area contributed by atoms with Crippen molar-refractivity contribution in [3.05, 3.63) is 95.3 Å². The molecule has 32 heavy (non-hydrogen) atoms. The number of halogens is 4. The fourth-order valence-electron chi connectivity index (χ4n) is 2.78. The Labute approximate surface area is 216 Å². The zero-order chi connectivity index (χ0) is 23.3. The molecule has 0 aliphatic heterocycles. The maximum Gasteiger partial charge on any atom is 0.266 e. The molecule has 1 N–H and O–H groups in total. The summed E-state index contributed by atoms with van der Waals surface area (Å²) in [5.41, 5.74) is 3.24. The summed E-state index contributed by atoms with van der Waals surface area (Å²) in [5, 5.41) is 13.0. The van der Waals surface area contributed by atoms with Crippen molar-refractivity contribution in [2.45, 2.75) is 13.5 Å². The van der Waals surface area contributed by atoms with Gasteiger partial charge in [-0.3, -0.25) is 4.79 Å². The van der Waals surface area contributed by atoms with Crippen molar-refractivity contribution in [3.63, 3.8) is 0 Å². The molecule has 0 aliphatic carbocycles. The van der Waals surface area contributed by atoms with E-state index >= 15 is 0 Å². The smallest absolute Gasteiger partial charge is 0.266 e. The number of aryl methyl sites for hydroxylation is 1. The van der Waals surface area contributed by atoms with Gasteiger partial charge in [0, 0.05) is 14.0 Å². The Bertz CT molecular complexity index is 1210. The normalized spacial score (nSPS) is 11.1. The first-order valence-corrected chi connectivity index (χ1v) is 12.1. The lowest BCUT2D eigenvalue weighted by Crippen LogP contribution is -2.14. The molecule has 1 amide bonds. The second-order valence-electron chi connectivity index (χ2n) is 6.83. The number of ether oxygens (including phenoxy) is 1. The Kier molecular flexibility index (Phi) is 8.55. The molecule has 4 nitrogen and oxygen atoms in total. The predicted octanol–water partition coefficient (Wildman–Crippen LogP) is 8.06. The van der Waals surface area contributed by atoms with Gasteiger partial charge in [0.25, 0.3) is 5.91 Å². The van der Waals surface area contributed by atoms with Gasteiger partial charge in [0.1, 0.15) is 24.0 Å². The van der Waals surface area contributed by atoms with E-state index in [1.165, 1.54) is 6.08 Å². The zero-order valence-corrected chi connectivity index (χ0v) is 22.3. The Morgan fingerprint density at radius 3 is 2.31 bits per heavy atom. The minimum Gasteiger partial charge on any atom is -0.488 e. The molecular weight excluding hydrogens is 623 g/mol. The Hall–Kier alpha value is -2.11. The van der Waals surface area contributed by atoms with Crippen molar-refractivity contribution >= 4 is 77.1 Å². The highest BCUT2D eigenvalue weighted by Gasteiger charge is 2.14. The summed E-state index contributed by atoms with van der Waals surface area (Å²) in [4.78, 5) is 12.7. The third kappa shape index (κ3) is 6.46. The minimum absolute atomic E-state index is 0.0221. The first-order valence-electron chi connectivity index (χ1n) is 9.32. The molecule has 0 fully saturated rings. The number of nitriles is 1. The van der Waals surface area contributed by atoms with Crippen LogP contribution in [0, 0.1) is 18.3 Å². The molecule has 3 aromatic rings. The number of benzene rings is 3. The van der Waals surface area contributed by atoms with Crippen LogP contribution in [0.5, 0.6) is 5.75 Å². The largest absolute Gasteiger partial charge is 0.488 e. The van der Waals surface area contributed by atoms with Crippen LogP contribution in [0.3, 0.4) is 0 Å². The van der Waals surface area contributed by atoms with Gasteiger partial charge in [-0.25, -0.2) is 0 Å². The first kappa shape index (κ1) is 24.5. The van der Waals surface area contributed by atoms with Gasteiger partial charge < -0.3 is 10.1 Å². The molecule has 0 radical (unpaired) electrons. The van der Waals surface area contributed by atoms with Crippen LogP contribution < -0.4 is 10.1 Å². The monoisotopic (exact) mass is 636 g/mol. The van der Waals surface area contributed by atoms with E-state index in [0.717, 1.165) is 20.1 Å². The lowest BCUT2D eigenvalue weighted by atomic mass is 10.1. The molecule has 3 rings (SSSR count). The van der Waals surface area contributed by atoms with Gasteiger partial charge in [0.2, 0.25) is 0 Å². The highest BCUT2D eigenvalue weighted by Crippen LogP contribution is 2.33. The first-order chi connectivity index (χ1) is 15.3. The molecule has 8 heteroatoms. The summed E-state index contributed by atoms with van der Waals surface area (Å²) in [6.45, 7) is 2.33. The van der Waals surface area contributed by atoms with Gasteiger partial charge in [0.15, 0.2) is 0 Å². The number of anilines is 1. The van der Waals surface area contributed by atoms with Crippen molar-refractivity contribution in [1.82, 2.24) is 0 Å². The van der Waals surface area contributed by atoms with Crippen LogP contribution in [0.2, 0.25) is 5.02 Å². The van der Waals surface area contributed by atoms with E-state index in [4.69, 9.17) is 16.3 Å². The van der Waals surface area contributed by atoms with Crippen molar-refractivity contribution in [1.29, 1.82) is 5.26 Å². The molecule has 0 atom stereocenters. The van der Waals surface area contributed by atoms with E-state index in [1.807, 2.05) is 49.4 Å². The number of hydrogen-bond acceptors (Lipinski definition) is 3. The third-order valence-corrected chi connectivity index (χ3v) is 6.49. The SMILES string of the molecule is Cc1cc(Br)c(NC(=O)/C(C#N)=C/c2ccc(OCc3ccc(Cl)cc3)c(Br)c2)c(Br)c1. The van der Waals surface area contributed by atoms with Crippen LogP contribution in [-0.4, -0.2) is 5.91 Å². The van der Waals surface area contributed by atoms with Gasteiger partial charge in [-0.15, -0.1) is 0 Å². The molecule has 0 saturated carbocycles. The van der Waals surface area contributed by atoms with Crippen LogP contribution in [0.4, 0.5) is 5.69 Å². The van der Waals surface area contributed by atoms with Gasteiger partial charge in [-0.05, 0) is 114 Å². The summed E-state index contributed by atoms with van der Waals surface area (Å²) in [6.07, 6.45) is 1.53. The molecule has 162 valence electrons. The maximum atomic E-state index is 12.7. The summed E-state index contributed by atoms with van der Waals surface area (Å²) < 4.78 is 8.00. The quantitative estimate of drug-likeness (QED) is 0.219. The number of carbonyl (C=O) groups excluding carboxylic acids is 1. The average Bonchev–Trinajstić information content (AvgIpc) is 2.75. The molecule has 0 aliphatic rings. The van der Waals surface area contributed by atoms with Crippen LogP contribution in [0.1, 0.15) is 16.7 Å². The molecule has 0 saturated heterocycles. The number of nitrogens with zero attached hydrogens (tertiary/aromatic N) is 1. The van der Waals surface area contributed by atoms with Gasteiger partial charge in [-0.1, -0.05) is 29.8 Å². The second kappa shape index (κ2) is 11.2. The molecule has 0 unspecified atom stereocenters. The van der Waals surface area contributed by atoms with Crippen molar-refractivity contribution < 1.29 is 9.53 Å². The van der Waals surface area contributed by atoms with E-state index < -0.39 is 5.91 Å². The summed E-state index contributed by atoms with van der Waals surface area (Å²) >= 11 is 16.3. The van der Waals surface area contributed by atoms with Crippen molar-refractivity contribution in [3.8, 4) is 11.8 Å². The van der Waals surface area contributed by atoms with Crippen molar-refractivity contribution in [2.75, 3.05) is 5.32 Å². The van der Waals surface area contributed by atoms with Crippen LogP contribution in [-0.2, 0) is 11.4 Å². The second-order valence-corrected chi connectivity index (χ2v) is 9.83. The Balaban J connectivity index is 1.74. The molecule has 0 heterocycles. The van der Waals surface area contributed by atoms with E-state index in [2.05, 4.69) is 53.1 Å². The standard InChI is InChI=1S/C24H16Br3ClN2O2/c1-14-8-20(26)23(21(27)9-14)30-24(31)17(12-29)10-16-4-7-22(19(25)11-16)32-13-15-2-5-18(28)6-3-15/h2-11H,13H2,1H3,(H,30,31)/b17-10+. The summed E-state index contributed by atoms with van der Waals surface area (Å²) in [7, 11) is 0. The van der Waals surface area contributed by atoms with E-state index in [1.54, 1.807) is 18.2 Å². The van der Waals surface area contributed by atoms with Gasteiger partial charge in [-0.2, -0.15) is 5.26 Å². The highest BCUT2D eigenvalue weighted by molar-refractivity contribution is 9.11. The predicted molar refractivity (Wildman–Crippen MR) is 139 cm³/mol. The van der Waals surface area contributed by atoms with E-state index in [9.17, 15) is 10.1 Å². The minimum atomic E-state index is -0.503. The number of rotatable bonds is 6. The van der Waals surface area contributed by atoms with E-state index in [0.29, 0.717) is 33.1 Å². The fourth-order valence-corrected chi connectivity index (χ4v) is 5.03. The third-order valence-electron chi connectivity index (χ3n) is 4.36. The highest BCUT2D eigenvalue weighted by atomic mass is 79.9. The van der Waals surface area contributed by atoms with Crippen LogP contribution in [0.15, 0.2) is 73.6 Å².